The predicted octanol–water partition coefficient (Wildman–Crippen LogP) is 3.30. The van der Waals surface area contributed by atoms with Crippen LogP contribution in [0.1, 0.15) is 5.56 Å². The first-order valence-electron chi connectivity index (χ1n) is 7.12. The Morgan fingerprint density at radius 2 is 1.78 bits per heavy atom. The summed E-state index contributed by atoms with van der Waals surface area (Å²) in [5, 5.41) is 9.05. The standard InChI is InChI=1S/C17H12N4OS/c1-10-6-8-11(9-7-10)21-16(22)15-14(18-17(21)23)12-4-2-3-5-13(12)19-20-15/h2-9H,1H3,(H,18,23). The molecule has 5 nitrogen and oxygen atoms in total. The molecule has 0 saturated heterocycles. The summed E-state index contributed by atoms with van der Waals surface area (Å²) in [5.74, 6) is 0. The Hall–Kier alpha value is -2.86. The summed E-state index contributed by atoms with van der Waals surface area (Å²) >= 11 is 5.40. The largest absolute Gasteiger partial charge is 0.329 e. The molecule has 2 aromatic heterocycles. The minimum Gasteiger partial charge on any atom is -0.329 e. The maximum atomic E-state index is 12.9. The summed E-state index contributed by atoms with van der Waals surface area (Å²) in [4.78, 5) is 16.0. The molecule has 2 aromatic carbocycles. The molecular weight excluding hydrogens is 308 g/mol. The van der Waals surface area contributed by atoms with E-state index in [4.69, 9.17) is 12.2 Å². The minimum absolute atomic E-state index is 0.272. The van der Waals surface area contributed by atoms with Gasteiger partial charge in [0.25, 0.3) is 5.56 Å². The van der Waals surface area contributed by atoms with E-state index in [0.717, 1.165) is 16.5 Å². The van der Waals surface area contributed by atoms with Crippen LogP contribution >= 0.6 is 12.2 Å². The van der Waals surface area contributed by atoms with Gasteiger partial charge in [0.05, 0.1) is 16.7 Å². The van der Waals surface area contributed by atoms with Gasteiger partial charge in [0.15, 0.2) is 10.3 Å². The van der Waals surface area contributed by atoms with E-state index in [2.05, 4.69) is 15.2 Å². The summed E-state index contributed by atoms with van der Waals surface area (Å²) in [6.45, 7) is 1.99. The van der Waals surface area contributed by atoms with Crippen LogP contribution in [-0.2, 0) is 0 Å². The molecule has 1 N–H and O–H groups in total. The number of benzene rings is 2. The maximum Gasteiger partial charge on any atom is 0.287 e. The molecule has 0 radical (unpaired) electrons. The van der Waals surface area contributed by atoms with E-state index in [0.29, 0.717) is 16.0 Å². The number of nitrogens with zero attached hydrogens (tertiary/aromatic N) is 3. The molecule has 0 fully saturated rings. The molecule has 0 saturated carbocycles. The van der Waals surface area contributed by atoms with E-state index in [-0.39, 0.29) is 11.1 Å². The second-order valence-electron chi connectivity index (χ2n) is 5.35. The molecule has 0 atom stereocenters. The molecule has 112 valence electrons. The van der Waals surface area contributed by atoms with Crippen LogP contribution in [0.4, 0.5) is 0 Å². The number of hydrogen-bond donors (Lipinski definition) is 1. The maximum absolute atomic E-state index is 12.9. The predicted molar refractivity (Wildman–Crippen MR) is 92.6 cm³/mol. The number of rotatable bonds is 1. The molecule has 2 heterocycles. The average Bonchev–Trinajstić information content (AvgIpc) is 2.56. The van der Waals surface area contributed by atoms with Crippen molar-refractivity contribution >= 4 is 34.2 Å². The van der Waals surface area contributed by atoms with Crippen molar-refractivity contribution in [1.82, 2.24) is 19.7 Å². The number of hydrogen-bond acceptors (Lipinski definition) is 4. The smallest absolute Gasteiger partial charge is 0.287 e. The van der Waals surface area contributed by atoms with Crippen LogP contribution in [0.25, 0.3) is 27.6 Å². The topological polar surface area (TPSA) is 63.6 Å². The molecule has 0 aliphatic carbocycles. The Balaban J connectivity index is 2.13. The molecule has 0 aliphatic heterocycles. The zero-order valence-corrected chi connectivity index (χ0v) is 13.1. The third-order valence-electron chi connectivity index (χ3n) is 3.80. The average molecular weight is 320 g/mol. The number of aromatic amines is 1. The van der Waals surface area contributed by atoms with Crippen molar-refractivity contribution in [3.63, 3.8) is 0 Å². The summed E-state index contributed by atoms with van der Waals surface area (Å²) < 4.78 is 1.78. The number of aryl methyl sites for hydroxylation is 1. The highest BCUT2D eigenvalue weighted by molar-refractivity contribution is 7.71. The molecule has 0 spiro atoms. The lowest BCUT2D eigenvalue weighted by Gasteiger charge is -2.09. The first-order valence-corrected chi connectivity index (χ1v) is 7.53. The molecule has 0 unspecified atom stereocenters. The van der Waals surface area contributed by atoms with Crippen LogP contribution in [0, 0.1) is 11.7 Å². The van der Waals surface area contributed by atoms with Crippen molar-refractivity contribution in [1.29, 1.82) is 0 Å². The summed E-state index contributed by atoms with van der Waals surface area (Å²) in [7, 11) is 0. The van der Waals surface area contributed by atoms with Crippen LogP contribution in [0.3, 0.4) is 0 Å². The van der Waals surface area contributed by atoms with Gasteiger partial charge in [0, 0.05) is 5.39 Å². The first-order chi connectivity index (χ1) is 11.1. The zero-order valence-electron chi connectivity index (χ0n) is 12.3. The van der Waals surface area contributed by atoms with E-state index in [1.165, 1.54) is 4.57 Å². The van der Waals surface area contributed by atoms with E-state index >= 15 is 0 Å². The Morgan fingerprint density at radius 1 is 1.04 bits per heavy atom. The van der Waals surface area contributed by atoms with E-state index in [9.17, 15) is 4.79 Å². The lowest BCUT2D eigenvalue weighted by atomic mass is 10.2. The second kappa shape index (κ2) is 5.10. The van der Waals surface area contributed by atoms with Crippen molar-refractivity contribution in [3.05, 3.63) is 69.2 Å². The Morgan fingerprint density at radius 3 is 2.57 bits per heavy atom. The fourth-order valence-corrected chi connectivity index (χ4v) is 2.91. The number of fused-ring (bicyclic) bond motifs is 3. The Bertz CT molecular complexity index is 1160. The van der Waals surface area contributed by atoms with Crippen molar-refractivity contribution in [2.24, 2.45) is 0 Å². The Kier molecular flexibility index (Phi) is 3.06. The quantitative estimate of drug-likeness (QED) is 0.432. The fraction of sp³-hybridized carbons (Fsp3) is 0.0588. The van der Waals surface area contributed by atoms with Gasteiger partial charge in [-0.25, -0.2) is 0 Å². The van der Waals surface area contributed by atoms with Gasteiger partial charge < -0.3 is 4.98 Å². The van der Waals surface area contributed by atoms with Gasteiger partial charge in [-0.3, -0.25) is 9.36 Å². The monoisotopic (exact) mass is 320 g/mol. The van der Waals surface area contributed by atoms with Gasteiger partial charge in [-0.2, -0.15) is 0 Å². The van der Waals surface area contributed by atoms with Crippen molar-refractivity contribution < 1.29 is 0 Å². The molecular formula is C17H12N4OS. The van der Waals surface area contributed by atoms with E-state index in [1.807, 2.05) is 55.5 Å². The minimum atomic E-state index is -0.272. The molecule has 0 aliphatic rings. The van der Waals surface area contributed by atoms with Gasteiger partial charge in [0.1, 0.15) is 0 Å². The van der Waals surface area contributed by atoms with Crippen LogP contribution in [0.2, 0.25) is 0 Å². The summed E-state index contributed by atoms with van der Waals surface area (Å²) in [6.07, 6.45) is 0. The number of H-pyrrole nitrogens is 1. The Labute approximate surface area is 136 Å². The van der Waals surface area contributed by atoms with Gasteiger partial charge in [-0.1, -0.05) is 35.9 Å². The van der Waals surface area contributed by atoms with Crippen molar-refractivity contribution in [3.8, 4) is 5.69 Å². The lowest BCUT2D eigenvalue weighted by Crippen LogP contribution is -2.21. The third-order valence-corrected chi connectivity index (χ3v) is 4.09. The van der Waals surface area contributed by atoms with Gasteiger partial charge in [-0.05, 0) is 37.3 Å². The normalized spacial score (nSPS) is 11.2. The van der Waals surface area contributed by atoms with Gasteiger partial charge >= 0.3 is 0 Å². The van der Waals surface area contributed by atoms with E-state index in [1.54, 1.807) is 0 Å². The summed E-state index contributed by atoms with van der Waals surface area (Å²) in [6, 6.07) is 15.1. The SMILES string of the molecule is Cc1ccc(-n2c(=S)[nH]c3c(nnc4ccccc43)c2=O)cc1. The second-order valence-corrected chi connectivity index (χ2v) is 5.73. The van der Waals surface area contributed by atoms with Gasteiger partial charge in [-0.15, -0.1) is 10.2 Å². The zero-order chi connectivity index (χ0) is 16.0. The third kappa shape index (κ3) is 2.15. The molecule has 4 rings (SSSR count). The fourth-order valence-electron chi connectivity index (χ4n) is 2.62. The molecule has 4 aromatic rings. The van der Waals surface area contributed by atoms with Gasteiger partial charge in [0.2, 0.25) is 0 Å². The molecule has 0 amide bonds. The molecule has 6 heteroatoms. The highest BCUT2D eigenvalue weighted by atomic mass is 32.1. The summed E-state index contributed by atoms with van der Waals surface area (Å²) in [5.41, 5.74) is 3.16. The van der Waals surface area contributed by atoms with Crippen LogP contribution < -0.4 is 5.56 Å². The highest BCUT2D eigenvalue weighted by Crippen LogP contribution is 2.18. The van der Waals surface area contributed by atoms with Crippen LogP contribution in [0.5, 0.6) is 0 Å². The molecule has 0 bridgehead atoms. The number of aromatic nitrogens is 4. The molecule has 23 heavy (non-hydrogen) atoms. The van der Waals surface area contributed by atoms with Crippen LogP contribution in [-0.4, -0.2) is 19.7 Å². The van der Waals surface area contributed by atoms with Crippen molar-refractivity contribution in [2.45, 2.75) is 6.92 Å². The van der Waals surface area contributed by atoms with Crippen molar-refractivity contribution in [2.75, 3.05) is 0 Å². The number of nitrogens with one attached hydrogen (secondary N) is 1. The highest BCUT2D eigenvalue weighted by Gasteiger charge is 2.12. The van der Waals surface area contributed by atoms with Crippen LogP contribution in [0.15, 0.2) is 53.3 Å². The van der Waals surface area contributed by atoms with E-state index < -0.39 is 0 Å². The first kappa shape index (κ1) is 13.8. The lowest BCUT2D eigenvalue weighted by molar-refractivity contribution is 0.924.